The predicted molar refractivity (Wildman–Crippen MR) is 57.9 cm³/mol. The Hall–Kier alpha value is -1.55. The molecule has 0 amide bonds. The van der Waals surface area contributed by atoms with Gasteiger partial charge in [0.15, 0.2) is 0 Å². The summed E-state index contributed by atoms with van der Waals surface area (Å²) in [5.41, 5.74) is -0.511. The summed E-state index contributed by atoms with van der Waals surface area (Å²) in [5.74, 6) is -1.19. The third-order valence-electron chi connectivity index (χ3n) is 2.10. The normalized spacial score (nSPS) is 10.3. The zero-order chi connectivity index (χ0) is 13.0. The molecule has 0 aliphatic heterocycles. The van der Waals surface area contributed by atoms with Crippen molar-refractivity contribution in [1.29, 1.82) is 5.26 Å². The molecule has 0 aromatic carbocycles. The number of hydrogen-bond acceptors (Lipinski definition) is 3. The fourth-order valence-electron chi connectivity index (χ4n) is 1.36. The molecule has 0 radical (unpaired) electrons. The molecule has 1 aromatic heterocycles. The lowest BCUT2D eigenvalue weighted by atomic mass is 10.00. The number of nitriles is 1. The molecular formula is C10H7BrF2N2O2. The molecule has 17 heavy (non-hydrogen) atoms. The molecule has 0 aliphatic carbocycles. The third kappa shape index (κ3) is 2.97. The van der Waals surface area contributed by atoms with Gasteiger partial charge in [0.1, 0.15) is 11.8 Å². The van der Waals surface area contributed by atoms with Gasteiger partial charge in [-0.05, 0) is 11.1 Å². The Morgan fingerprint density at radius 1 is 1.65 bits per heavy atom. The van der Waals surface area contributed by atoms with Gasteiger partial charge in [-0.15, -0.1) is 0 Å². The minimum atomic E-state index is -2.90. The molecule has 0 bridgehead atoms. The quantitative estimate of drug-likeness (QED) is 0.867. The summed E-state index contributed by atoms with van der Waals surface area (Å²) in [7, 11) is 0. The van der Waals surface area contributed by atoms with Gasteiger partial charge in [0.25, 0.3) is 6.43 Å². The summed E-state index contributed by atoms with van der Waals surface area (Å²) in [5, 5.41) is 17.8. The van der Waals surface area contributed by atoms with Crippen molar-refractivity contribution in [1.82, 2.24) is 4.98 Å². The fourth-order valence-corrected chi connectivity index (χ4v) is 1.85. The highest BCUT2D eigenvalue weighted by Gasteiger charge is 2.21. The first-order valence-electron chi connectivity index (χ1n) is 4.47. The van der Waals surface area contributed by atoms with E-state index < -0.39 is 24.5 Å². The lowest BCUT2D eigenvalue weighted by Crippen LogP contribution is -2.09. The fraction of sp³-hybridized carbons (Fsp3) is 0.300. The van der Waals surface area contributed by atoms with Crippen molar-refractivity contribution in [2.75, 3.05) is 0 Å². The SMILES string of the molecule is N#Cc1c(C(F)F)ncc(CBr)c1CC(=O)O. The van der Waals surface area contributed by atoms with Crippen LogP contribution in [0.1, 0.15) is 28.8 Å². The monoisotopic (exact) mass is 304 g/mol. The van der Waals surface area contributed by atoms with Crippen LogP contribution in [0.2, 0.25) is 0 Å². The predicted octanol–water partition coefficient (Wildman–Crippen LogP) is 2.41. The maximum Gasteiger partial charge on any atom is 0.307 e. The van der Waals surface area contributed by atoms with Crippen LogP contribution in [0.4, 0.5) is 8.78 Å². The van der Waals surface area contributed by atoms with Crippen molar-refractivity contribution < 1.29 is 18.7 Å². The molecule has 0 aliphatic rings. The van der Waals surface area contributed by atoms with Gasteiger partial charge in [-0.25, -0.2) is 8.78 Å². The van der Waals surface area contributed by atoms with E-state index in [0.29, 0.717) is 5.56 Å². The first-order valence-corrected chi connectivity index (χ1v) is 5.60. The van der Waals surface area contributed by atoms with E-state index in [2.05, 4.69) is 20.9 Å². The molecule has 7 heteroatoms. The van der Waals surface area contributed by atoms with Gasteiger partial charge in [-0.2, -0.15) is 5.26 Å². The molecule has 90 valence electrons. The largest absolute Gasteiger partial charge is 0.481 e. The Balaban J connectivity index is 3.44. The molecule has 0 atom stereocenters. The molecule has 1 N–H and O–H groups in total. The molecule has 0 saturated carbocycles. The van der Waals surface area contributed by atoms with Gasteiger partial charge in [0.05, 0.1) is 12.0 Å². The van der Waals surface area contributed by atoms with E-state index in [0.717, 1.165) is 6.20 Å². The molecule has 0 unspecified atom stereocenters. The van der Waals surface area contributed by atoms with Crippen molar-refractivity contribution >= 4 is 21.9 Å². The molecule has 0 fully saturated rings. The van der Waals surface area contributed by atoms with Crippen LogP contribution in [-0.2, 0) is 16.5 Å². The number of aliphatic carboxylic acids is 1. The van der Waals surface area contributed by atoms with Crippen molar-refractivity contribution in [2.45, 2.75) is 18.2 Å². The van der Waals surface area contributed by atoms with Gasteiger partial charge >= 0.3 is 5.97 Å². The number of alkyl halides is 3. The van der Waals surface area contributed by atoms with E-state index in [4.69, 9.17) is 10.4 Å². The second-order valence-corrected chi connectivity index (χ2v) is 3.70. The first kappa shape index (κ1) is 13.5. The molecule has 0 saturated heterocycles. The van der Waals surface area contributed by atoms with E-state index in [1.807, 2.05) is 0 Å². The van der Waals surface area contributed by atoms with Crippen LogP contribution >= 0.6 is 15.9 Å². The highest BCUT2D eigenvalue weighted by molar-refractivity contribution is 9.08. The summed E-state index contributed by atoms with van der Waals surface area (Å²) < 4.78 is 25.2. The summed E-state index contributed by atoms with van der Waals surface area (Å²) in [6.45, 7) is 0. The highest BCUT2D eigenvalue weighted by atomic mass is 79.9. The van der Waals surface area contributed by atoms with Gasteiger partial charge in [-0.1, -0.05) is 15.9 Å². The third-order valence-corrected chi connectivity index (χ3v) is 2.70. The second kappa shape index (κ2) is 5.68. The van der Waals surface area contributed by atoms with Crippen molar-refractivity contribution in [3.8, 4) is 6.07 Å². The molecule has 1 rings (SSSR count). The summed E-state index contributed by atoms with van der Waals surface area (Å²) in [6.07, 6.45) is -2.22. The molecule has 1 aromatic rings. The number of carbonyl (C=O) groups is 1. The minimum absolute atomic E-state index is 0.0853. The number of rotatable bonds is 4. The summed E-state index contributed by atoms with van der Waals surface area (Å²) in [4.78, 5) is 14.1. The van der Waals surface area contributed by atoms with Crippen LogP contribution in [0.3, 0.4) is 0 Å². The molecule has 4 nitrogen and oxygen atoms in total. The molecule has 1 heterocycles. The van der Waals surface area contributed by atoms with Crippen LogP contribution in [0.5, 0.6) is 0 Å². The van der Waals surface area contributed by atoms with Crippen LogP contribution in [0.25, 0.3) is 0 Å². The van der Waals surface area contributed by atoms with Crippen LogP contribution in [0, 0.1) is 11.3 Å². The Labute approximate surface area is 104 Å². The summed E-state index contributed by atoms with van der Waals surface area (Å²) in [6, 6.07) is 1.60. The highest BCUT2D eigenvalue weighted by Crippen LogP contribution is 2.26. The summed E-state index contributed by atoms with van der Waals surface area (Å²) >= 11 is 3.09. The van der Waals surface area contributed by atoms with Crippen LogP contribution in [0.15, 0.2) is 6.20 Å². The molecular weight excluding hydrogens is 298 g/mol. The maximum atomic E-state index is 12.6. The van der Waals surface area contributed by atoms with Crippen molar-refractivity contribution in [2.24, 2.45) is 0 Å². The Kier molecular flexibility index (Phi) is 4.52. The average Bonchev–Trinajstić information content (AvgIpc) is 2.27. The van der Waals surface area contributed by atoms with E-state index in [9.17, 15) is 13.6 Å². The van der Waals surface area contributed by atoms with Crippen molar-refractivity contribution in [3.63, 3.8) is 0 Å². The molecule has 0 spiro atoms. The van der Waals surface area contributed by atoms with E-state index >= 15 is 0 Å². The number of halogens is 3. The Morgan fingerprint density at radius 3 is 2.71 bits per heavy atom. The zero-order valence-electron chi connectivity index (χ0n) is 8.45. The van der Waals surface area contributed by atoms with Crippen LogP contribution < -0.4 is 0 Å². The maximum absolute atomic E-state index is 12.6. The zero-order valence-corrected chi connectivity index (χ0v) is 10.0. The topological polar surface area (TPSA) is 74.0 Å². The Bertz CT molecular complexity index is 486. The Morgan fingerprint density at radius 2 is 2.29 bits per heavy atom. The van der Waals surface area contributed by atoms with Gasteiger partial charge < -0.3 is 5.11 Å². The minimum Gasteiger partial charge on any atom is -0.481 e. The van der Waals surface area contributed by atoms with Gasteiger partial charge in [0.2, 0.25) is 0 Å². The smallest absolute Gasteiger partial charge is 0.307 e. The van der Waals surface area contributed by atoms with Gasteiger partial charge in [-0.3, -0.25) is 9.78 Å². The number of pyridine rings is 1. The average molecular weight is 305 g/mol. The van der Waals surface area contributed by atoms with Crippen molar-refractivity contribution in [3.05, 3.63) is 28.6 Å². The first-order chi connectivity index (χ1) is 8.01. The number of carboxylic acids is 1. The second-order valence-electron chi connectivity index (χ2n) is 3.14. The number of aromatic nitrogens is 1. The standard InChI is InChI=1S/C10H7BrF2N2O2/c11-2-5-4-15-9(10(12)13)7(3-14)6(5)1-8(16)17/h4,10H,1-2H2,(H,16,17). The van der Waals surface area contributed by atoms with E-state index in [1.165, 1.54) is 0 Å². The number of nitrogens with zero attached hydrogens (tertiary/aromatic N) is 2. The van der Waals surface area contributed by atoms with Crippen LogP contribution in [-0.4, -0.2) is 16.1 Å². The van der Waals surface area contributed by atoms with E-state index in [1.54, 1.807) is 6.07 Å². The lowest BCUT2D eigenvalue weighted by Gasteiger charge is -2.10. The number of hydrogen-bond donors (Lipinski definition) is 1. The van der Waals surface area contributed by atoms with E-state index in [-0.39, 0.29) is 16.5 Å². The lowest BCUT2D eigenvalue weighted by molar-refractivity contribution is -0.136. The number of carboxylic acid groups (broad SMARTS) is 1. The van der Waals surface area contributed by atoms with Gasteiger partial charge in [0, 0.05) is 11.5 Å².